The minimum Gasteiger partial charge on any atom is -0.490 e. The number of benzene rings is 1. The number of hydrogen-bond acceptors (Lipinski definition) is 5. The van der Waals surface area contributed by atoms with E-state index in [1.807, 2.05) is 13.0 Å². The zero-order valence-electron chi connectivity index (χ0n) is 13.1. The molecule has 122 valence electrons. The number of unbranched alkanes of at least 4 members (excludes halogenated alkanes) is 1. The summed E-state index contributed by atoms with van der Waals surface area (Å²) in [4.78, 5) is 26.4. The van der Waals surface area contributed by atoms with Gasteiger partial charge in [-0.15, -0.1) is 0 Å². The Morgan fingerprint density at radius 1 is 1.30 bits per heavy atom. The molecule has 6 nitrogen and oxygen atoms in total. The number of aromatic nitrogens is 1. The second kappa shape index (κ2) is 8.73. The van der Waals surface area contributed by atoms with Crippen LogP contribution < -0.4 is 10.1 Å². The number of carbonyl (C=O) groups is 2. The number of ether oxygens (including phenoxy) is 2. The Hall–Kier alpha value is -2.63. The van der Waals surface area contributed by atoms with Crippen LogP contribution in [0.15, 0.2) is 30.5 Å². The molecular formula is C17H20N2O4. The molecule has 1 aromatic carbocycles. The lowest BCUT2D eigenvalue weighted by Gasteiger charge is -2.09. The molecule has 2 aromatic rings. The van der Waals surface area contributed by atoms with Crippen LogP contribution in [0.25, 0.3) is 10.9 Å². The maximum absolute atomic E-state index is 11.3. The summed E-state index contributed by atoms with van der Waals surface area (Å²) in [6.07, 6.45) is 3.81. The van der Waals surface area contributed by atoms with E-state index in [-0.39, 0.29) is 0 Å². The molecule has 0 spiro atoms. The molecule has 0 fully saturated rings. The molecule has 0 unspecified atom stereocenters. The second-order valence-corrected chi connectivity index (χ2v) is 5.01. The van der Waals surface area contributed by atoms with Crippen molar-refractivity contribution in [3.8, 4) is 5.75 Å². The van der Waals surface area contributed by atoms with E-state index in [1.54, 1.807) is 24.4 Å². The standard InChI is InChI=1S/C17H20N2O4/c1-2-3-7-23-17(21)18-6-8-22-15-10-14-9-13(12-20)4-5-16(14)19-11-15/h4-5,9-12H,2-3,6-8H2,1H3,(H,18,21). The number of nitrogens with one attached hydrogen (secondary N) is 1. The molecule has 1 heterocycles. The van der Waals surface area contributed by atoms with E-state index < -0.39 is 6.09 Å². The normalized spacial score (nSPS) is 10.3. The van der Waals surface area contributed by atoms with E-state index in [0.29, 0.717) is 31.1 Å². The third kappa shape index (κ3) is 5.25. The summed E-state index contributed by atoms with van der Waals surface area (Å²) in [5.74, 6) is 0.585. The summed E-state index contributed by atoms with van der Waals surface area (Å²) >= 11 is 0. The zero-order chi connectivity index (χ0) is 16.5. The van der Waals surface area contributed by atoms with Gasteiger partial charge in [-0.25, -0.2) is 4.79 Å². The first-order chi connectivity index (χ1) is 11.2. The van der Waals surface area contributed by atoms with Crippen molar-refractivity contribution < 1.29 is 19.1 Å². The van der Waals surface area contributed by atoms with E-state index in [9.17, 15) is 9.59 Å². The van der Waals surface area contributed by atoms with Crippen LogP contribution in [0.1, 0.15) is 30.1 Å². The lowest BCUT2D eigenvalue weighted by atomic mass is 10.1. The number of hydrogen-bond donors (Lipinski definition) is 1. The Morgan fingerprint density at radius 2 is 2.17 bits per heavy atom. The van der Waals surface area contributed by atoms with Gasteiger partial charge in [0.1, 0.15) is 18.6 Å². The van der Waals surface area contributed by atoms with E-state index in [0.717, 1.165) is 30.0 Å². The Bertz CT molecular complexity index is 673. The van der Waals surface area contributed by atoms with Crippen LogP contribution in [-0.4, -0.2) is 37.1 Å². The van der Waals surface area contributed by atoms with Crippen LogP contribution in [0.5, 0.6) is 5.75 Å². The summed E-state index contributed by atoms with van der Waals surface area (Å²) in [5.41, 5.74) is 1.38. The fourth-order valence-electron chi connectivity index (χ4n) is 1.96. The average Bonchev–Trinajstić information content (AvgIpc) is 2.58. The molecule has 0 aliphatic heterocycles. The predicted octanol–water partition coefficient (Wildman–Crippen LogP) is 2.95. The number of alkyl carbamates (subject to hydrolysis) is 1. The van der Waals surface area contributed by atoms with Crippen LogP contribution in [-0.2, 0) is 4.74 Å². The summed E-state index contributed by atoms with van der Waals surface area (Å²) in [6.45, 7) is 3.11. The molecule has 0 aliphatic carbocycles. The van der Waals surface area contributed by atoms with Gasteiger partial charge in [-0.3, -0.25) is 9.78 Å². The Kier molecular flexibility index (Phi) is 6.35. The second-order valence-electron chi connectivity index (χ2n) is 5.01. The molecule has 0 radical (unpaired) electrons. The molecule has 0 saturated carbocycles. The molecule has 0 atom stereocenters. The van der Waals surface area contributed by atoms with Gasteiger partial charge in [0.25, 0.3) is 0 Å². The lowest BCUT2D eigenvalue weighted by molar-refractivity contribution is 0.112. The van der Waals surface area contributed by atoms with Crippen LogP contribution in [0.3, 0.4) is 0 Å². The Balaban J connectivity index is 1.80. The van der Waals surface area contributed by atoms with Crippen LogP contribution >= 0.6 is 0 Å². The summed E-state index contributed by atoms with van der Waals surface area (Å²) in [6, 6.07) is 7.08. The fourth-order valence-corrected chi connectivity index (χ4v) is 1.96. The maximum Gasteiger partial charge on any atom is 0.407 e. The first-order valence-electron chi connectivity index (χ1n) is 7.61. The van der Waals surface area contributed by atoms with Crippen LogP contribution in [0, 0.1) is 0 Å². The highest BCUT2D eigenvalue weighted by atomic mass is 16.5. The van der Waals surface area contributed by atoms with Crippen LogP contribution in [0.4, 0.5) is 4.79 Å². The first-order valence-corrected chi connectivity index (χ1v) is 7.61. The Labute approximate surface area is 134 Å². The maximum atomic E-state index is 11.3. The van der Waals surface area contributed by atoms with Crippen molar-refractivity contribution in [2.75, 3.05) is 19.8 Å². The third-order valence-electron chi connectivity index (χ3n) is 3.19. The Morgan fingerprint density at radius 3 is 2.96 bits per heavy atom. The van der Waals surface area contributed by atoms with Crippen molar-refractivity contribution in [1.29, 1.82) is 0 Å². The molecule has 0 aliphatic rings. The van der Waals surface area contributed by atoms with Crippen molar-refractivity contribution in [1.82, 2.24) is 10.3 Å². The number of fused-ring (bicyclic) bond motifs is 1. The summed E-state index contributed by atoms with van der Waals surface area (Å²) in [7, 11) is 0. The topological polar surface area (TPSA) is 77.5 Å². The van der Waals surface area contributed by atoms with Gasteiger partial charge in [-0.1, -0.05) is 13.3 Å². The minimum atomic E-state index is -0.436. The summed E-state index contributed by atoms with van der Waals surface area (Å²) in [5, 5.41) is 3.45. The van der Waals surface area contributed by atoms with Gasteiger partial charge < -0.3 is 14.8 Å². The molecule has 0 bridgehead atoms. The quantitative estimate of drug-likeness (QED) is 0.598. The molecule has 2 rings (SSSR count). The van der Waals surface area contributed by atoms with E-state index in [2.05, 4.69) is 10.3 Å². The van der Waals surface area contributed by atoms with Gasteiger partial charge in [0.2, 0.25) is 0 Å². The smallest absolute Gasteiger partial charge is 0.407 e. The molecule has 0 saturated heterocycles. The molecule has 1 amide bonds. The molecule has 1 N–H and O–H groups in total. The van der Waals surface area contributed by atoms with Gasteiger partial charge in [-0.05, 0) is 30.7 Å². The van der Waals surface area contributed by atoms with Crippen molar-refractivity contribution in [2.24, 2.45) is 0 Å². The van der Waals surface area contributed by atoms with Crippen LogP contribution in [0.2, 0.25) is 0 Å². The molecule has 6 heteroatoms. The number of nitrogens with zero attached hydrogens (tertiary/aromatic N) is 1. The van der Waals surface area contributed by atoms with Gasteiger partial charge in [-0.2, -0.15) is 0 Å². The molecule has 23 heavy (non-hydrogen) atoms. The highest BCUT2D eigenvalue weighted by Gasteiger charge is 2.03. The number of amides is 1. The van der Waals surface area contributed by atoms with Gasteiger partial charge in [0.15, 0.2) is 0 Å². The van der Waals surface area contributed by atoms with E-state index in [4.69, 9.17) is 9.47 Å². The predicted molar refractivity (Wildman–Crippen MR) is 86.9 cm³/mol. The third-order valence-corrected chi connectivity index (χ3v) is 3.19. The van der Waals surface area contributed by atoms with E-state index in [1.165, 1.54) is 0 Å². The number of aldehydes is 1. The summed E-state index contributed by atoms with van der Waals surface area (Å²) < 4.78 is 10.5. The van der Waals surface area contributed by atoms with Gasteiger partial charge in [0, 0.05) is 10.9 Å². The highest BCUT2D eigenvalue weighted by molar-refractivity contribution is 5.87. The minimum absolute atomic E-state index is 0.309. The first kappa shape index (κ1) is 16.7. The zero-order valence-corrected chi connectivity index (χ0v) is 13.1. The average molecular weight is 316 g/mol. The van der Waals surface area contributed by atoms with Gasteiger partial charge in [0.05, 0.1) is 24.9 Å². The molecule has 1 aromatic heterocycles. The largest absolute Gasteiger partial charge is 0.490 e. The number of rotatable bonds is 8. The number of pyridine rings is 1. The van der Waals surface area contributed by atoms with Gasteiger partial charge >= 0.3 is 6.09 Å². The fraction of sp³-hybridized carbons (Fsp3) is 0.353. The van der Waals surface area contributed by atoms with Crippen molar-refractivity contribution in [2.45, 2.75) is 19.8 Å². The monoisotopic (exact) mass is 316 g/mol. The van der Waals surface area contributed by atoms with Crippen molar-refractivity contribution >= 4 is 23.3 Å². The van der Waals surface area contributed by atoms with Crippen molar-refractivity contribution in [3.05, 3.63) is 36.0 Å². The molecular weight excluding hydrogens is 296 g/mol. The van der Waals surface area contributed by atoms with Crippen molar-refractivity contribution in [3.63, 3.8) is 0 Å². The van der Waals surface area contributed by atoms with E-state index >= 15 is 0 Å². The number of carbonyl (C=O) groups excluding carboxylic acids is 2. The lowest BCUT2D eigenvalue weighted by Crippen LogP contribution is -2.29. The SMILES string of the molecule is CCCCOC(=O)NCCOc1cnc2ccc(C=O)cc2c1. The highest BCUT2D eigenvalue weighted by Crippen LogP contribution is 2.19.